The second-order valence-electron chi connectivity index (χ2n) is 2.16. The van der Waals surface area contributed by atoms with E-state index in [1.807, 2.05) is 13.8 Å². The molecule has 0 aromatic heterocycles. The summed E-state index contributed by atoms with van der Waals surface area (Å²) in [6.45, 7) is 7.77. The number of ketones is 1. The van der Waals surface area contributed by atoms with E-state index in [1.165, 1.54) is 6.92 Å². The number of rotatable bonds is 4. The summed E-state index contributed by atoms with van der Waals surface area (Å²) in [6.07, 6.45) is 0.920. The van der Waals surface area contributed by atoms with Crippen LogP contribution in [-0.2, 0) is 9.59 Å². The Labute approximate surface area is 76.0 Å². The second-order valence-corrected chi connectivity index (χ2v) is 2.16. The van der Waals surface area contributed by atoms with Gasteiger partial charge in [0.05, 0.1) is 0 Å². The predicted molar refractivity (Wildman–Crippen MR) is 52.1 cm³/mol. The van der Waals surface area contributed by atoms with Crippen LogP contribution in [0.1, 0.15) is 42.0 Å². The van der Waals surface area contributed by atoms with Crippen LogP contribution in [0.4, 0.5) is 0 Å². The Morgan fingerprint density at radius 3 is 2.17 bits per heavy atom. The molecule has 0 fully saturated rings. The third-order valence-corrected chi connectivity index (χ3v) is 1.12. The molecule has 0 heterocycles. The van der Waals surface area contributed by atoms with Crippen molar-refractivity contribution in [2.45, 2.75) is 40.5 Å². The van der Waals surface area contributed by atoms with Crippen molar-refractivity contribution in [3.63, 3.8) is 0 Å². The van der Waals surface area contributed by atoms with Crippen molar-refractivity contribution in [2.75, 3.05) is 6.54 Å². The van der Waals surface area contributed by atoms with Gasteiger partial charge in [0.1, 0.15) is 5.78 Å². The standard InChI is InChI=1S/C7H13NO2.C2H6.H2/c1-3-7(10)8-5-4-6(2)9;1-2;/h3-5H2,1-2H3,(H,8,10);1-2H3;1H. The summed E-state index contributed by atoms with van der Waals surface area (Å²) in [7, 11) is 0. The molecule has 0 saturated carbocycles. The first-order chi connectivity index (χ1) is 5.66. The van der Waals surface area contributed by atoms with Gasteiger partial charge in [0, 0.05) is 20.8 Å². The van der Waals surface area contributed by atoms with E-state index in [0.29, 0.717) is 19.4 Å². The smallest absolute Gasteiger partial charge is 0.219 e. The Balaban J connectivity index is -0.000000309. The van der Waals surface area contributed by atoms with E-state index in [2.05, 4.69) is 5.32 Å². The second kappa shape index (κ2) is 10.1. The maximum Gasteiger partial charge on any atom is 0.219 e. The van der Waals surface area contributed by atoms with E-state index >= 15 is 0 Å². The van der Waals surface area contributed by atoms with Gasteiger partial charge in [-0.25, -0.2) is 0 Å². The van der Waals surface area contributed by atoms with E-state index < -0.39 is 0 Å². The summed E-state index contributed by atoms with van der Waals surface area (Å²) in [4.78, 5) is 20.9. The number of carbonyl (C=O) groups excluding carboxylic acids is 2. The number of Topliss-reactive ketones (excluding diaryl/α,β-unsaturated/α-hetero) is 1. The average Bonchev–Trinajstić information content (AvgIpc) is 2.07. The van der Waals surface area contributed by atoms with Crippen molar-refractivity contribution in [3.05, 3.63) is 0 Å². The van der Waals surface area contributed by atoms with Crippen LogP contribution in [-0.4, -0.2) is 18.2 Å². The summed E-state index contributed by atoms with van der Waals surface area (Å²) in [5, 5.41) is 2.60. The summed E-state index contributed by atoms with van der Waals surface area (Å²) >= 11 is 0. The lowest BCUT2D eigenvalue weighted by Crippen LogP contribution is -2.24. The number of carbonyl (C=O) groups is 2. The molecule has 0 aliphatic carbocycles. The van der Waals surface area contributed by atoms with Crippen LogP contribution >= 0.6 is 0 Å². The van der Waals surface area contributed by atoms with Gasteiger partial charge in [0.15, 0.2) is 0 Å². The monoisotopic (exact) mass is 175 g/mol. The first kappa shape index (κ1) is 13.7. The van der Waals surface area contributed by atoms with Gasteiger partial charge in [-0.15, -0.1) is 0 Å². The minimum Gasteiger partial charge on any atom is -0.356 e. The van der Waals surface area contributed by atoms with Gasteiger partial charge in [-0.05, 0) is 6.92 Å². The molecule has 3 heteroatoms. The van der Waals surface area contributed by atoms with Gasteiger partial charge in [-0.3, -0.25) is 9.59 Å². The molecular weight excluding hydrogens is 154 g/mol. The van der Waals surface area contributed by atoms with Crippen LogP contribution in [0.15, 0.2) is 0 Å². The molecule has 0 bridgehead atoms. The van der Waals surface area contributed by atoms with Crippen molar-refractivity contribution in [2.24, 2.45) is 0 Å². The lowest BCUT2D eigenvalue weighted by Gasteiger charge is -1.99. The van der Waals surface area contributed by atoms with Crippen molar-refractivity contribution in [1.29, 1.82) is 0 Å². The summed E-state index contributed by atoms with van der Waals surface area (Å²) < 4.78 is 0. The van der Waals surface area contributed by atoms with E-state index in [4.69, 9.17) is 0 Å². The molecule has 0 aromatic rings. The van der Waals surface area contributed by atoms with Crippen molar-refractivity contribution in [1.82, 2.24) is 5.32 Å². The van der Waals surface area contributed by atoms with Gasteiger partial charge in [0.2, 0.25) is 5.91 Å². The van der Waals surface area contributed by atoms with Crippen molar-refractivity contribution in [3.8, 4) is 0 Å². The Kier molecular flexibility index (Phi) is 11.6. The number of nitrogens with one attached hydrogen (secondary N) is 1. The molecule has 1 N–H and O–H groups in total. The third kappa shape index (κ3) is 11.9. The molecular formula is C9H21NO2. The Bertz CT molecular complexity index is 138. The molecule has 0 rings (SSSR count). The van der Waals surface area contributed by atoms with Gasteiger partial charge >= 0.3 is 0 Å². The lowest BCUT2D eigenvalue weighted by molar-refractivity contribution is -0.121. The van der Waals surface area contributed by atoms with Crippen LogP contribution in [0.3, 0.4) is 0 Å². The molecule has 3 nitrogen and oxygen atoms in total. The van der Waals surface area contributed by atoms with E-state index in [9.17, 15) is 9.59 Å². The summed E-state index contributed by atoms with van der Waals surface area (Å²) in [5.74, 6) is 0.109. The van der Waals surface area contributed by atoms with Gasteiger partial charge < -0.3 is 5.32 Å². The highest BCUT2D eigenvalue weighted by molar-refractivity contribution is 5.78. The molecule has 74 valence electrons. The van der Waals surface area contributed by atoms with Crippen LogP contribution in [0, 0.1) is 0 Å². The molecule has 0 aromatic carbocycles. The molecule has 1 amide bonds. The fourth-order valence-electron chi connectivity index (χ4n) is 0.503. The fraction of sp³-hybridized carbons (Fsp3) is 0.778. The van der Waals surface area contributed by atoms with Crippen LogP contribution in [0.5, 0.6) is 0 Å². The topological polar surface area (TPSA) is 46.2 Å². The first-order valence-electron chi connectivity index (χ1n) is 4.43. The largest absolute Gasteiger partial charge is 0.356 e. The van der Waals surface area contributed by atoms with Crippen molar-refractivity contribution >= 4 is 11.7 Å². The normalized spacial score (nSPS) is 8.00. The zero-order valence-corrected chi connectivity index (χ0v) is 8.44. The van der Waals surface area contributed by atoms with Gasteiger partial charge in [-0.1, -0.05) is 20.8 Å². The van der Waals surface area contributed by atoms with Gasteiger partial charge in [-0.2, -0.15) is 0 Å². The molecule has 0 radical (unpaired) electrons. The summed E-state index contributed by atoms with van der Waals surface area (Å²) in [6, 6.07) is 0. The number of amides is 1. The zero-order valence-electron chi connectivity index (χ0n) is 8.44. The van der Waals surface area contributed by atoms with Crippen LogP contribution < -0.4 is 5.32 Å². The predicted octanol–water partition coefficient (Wildman–Crippen LogP) is 1.76. The average molecular weight is 175 g/mol. The highest BCUT2D eigenvalue weighted by atomic mass is 16.1. The van der Waals surface area contributed by atoms with Crippen LogP contribution in [0.25, 0.3) is 0 Å². The Morgan fingerprint density at radius 2 is 1.83 bits per heavy atom. The molecule has 0 spiro atoms. The maximum absolute atomic E-state index is 10.6. The fourth-order valence-corrected chi connectivity index (χ4v) is 0.503. The molecule has 0 aliphatic rings. The highest BCUT2D eigenvalue weighted by Crippen LogP contribution is 1.79. The lowest BCUT2D eigenvalue weighted by atomic mass is 10.3. The molecule has 0 aliphatic heterocycles. The van der Waals surface area contributed by atoms with Gasteiger partial charge in [0.25, 0.3) is 0 Å². The minimum absolute atomic E-state index is 0. The highest BCUT2D eigenvalue weighted by Gasteiger charge is 1.96. The molecule has 0 atom stereocenters. The van der Waals surface area contributed by atoms with Crippen LogP contribution in [0.2, 0.25) is 0 Å². The Morgan fingerprint density at radius 1 is 1.33 bits per heavy atom. The maximum atomic E-state index is 10.6. The first-order valence-corrected chi connectivity index (χ1v) is 4.43. The number of hydrogen-bond acceptors (Lipinski definition) is 2. The van der Waals surface area contributed by atoms with E-state index in [-0.39, 0.29) is 13.1 Å². The zero-order chi connectivity index (χ0) is 9.98. The molecule has 12 heavy (non-hydrogen) atoms. The molecule has 0 saturated heterocycles. The Hall–Kier alpha value is -0.860. The van der Waals surface area contributed by atoms with Crippen molar-refractivity contribution < 1.29 is 11.0 Å². The minimum atomic E-state index is 0. The van der Waals surface area contributed by atoms with E-state index in [0.717, 1.165) is 0 Å². The summed E-state index contributed by atoms with van der Waals surface area (Å²) in [5.41, 5.74) is 0. The molecule has 0 unspecified atom stereocenters. The third-order valence-electron chi connectivity index (χ3n) is 1.12. The number of hydrogen-bond donors (Lipinski definition) is 1. The quantitative estimate of drug-likeness (QED) is 0.707. The van der Waals surface area contributed by atoms with E-state index in [1.54, 1.807) is 6.92 Å². The SMILES string of the molecule is CC.CCC(=O)NCCC(C)=O.[HH].